The van der Waals surface area contributed by atoms with Crippen LogP contribution in [0.5, 0.6) is 0 Å². The maximum absolute atomic E-state index is 10.9. The molecule has 0 spiro atoms. The lowest BCUT2D eigenvalue weighted by atomic mass is 9.97. The SMILES string of the molecule is CC.CC1CC2CC1C(=O)N2. The molecule has 64 valence electrons. The summed E-state index contributed by atoms with van der Waals surface area (Å²) >= 11 is 0. The molecule has 0 aromatic heterocycles. The van der Waals surface area contributed by atoms with Gasteiger partial charge in [0.25, 0.3) is 0 Å². The van der Waals surface area contributed by atoms with Crippen molar-refractivity contribution >= 4 is 5.91 Å². The van der Waals surface area contributed by atoms with E-state index < -0.39 is 0 Å². The molecule has 1 heterocycles. The maximum Gasteiger partial charge on any atom is 0.223 e. The molecule has 2 fully saturated rings. The summed E-state index contributed by atoms with van der Waals surface area (Å²) in [6.45, 7) is 6.17. The van der Waals surface area contributed by atoms with Crippen molar-refractivity contribution in [3.63, 3.8) is 0 Å². The molecule has 3 atom stereocenters. The van der Waals surface area contributed by atoms with Crippen LogP contribution in [-0.2, 0) is 4.79 Å². The molecule has 0 aromatic rings. The van der Waals surface area contributed by atoms with Gasteiger partial charge in [-0.05, 0) is 18.8 Å². The highest BCUT2D eigenvalue weighted by atomic mass is 16.2. The molecule has 0 aromatic carbocycles. The molecule has 1 saturated carbocycles. The van der Waals surface area contributed by atoms with Gasteiger partial charge in [-0.3, -0.25) is 4.79 Å². The van der Waals surface area contributed by atoms with Crippen molar-refractivity contribution in [2.45, 2.75) is 39.7 Å². The number of carbonyl (C=O) groups is 1. The smallest absolute Gasteiger partial charge is 0.223 e. The van der Waals surface area contributed by atoms with E-state index in [4.69, 9.17) is 0 Å². The highest BCUT2D eigenvalue weighted by molar-refractivity contribution is 5.82. The fourth-order valence-electron chi connectivity index (χ4n) is 2.04. The monoisotopic (exact) mass is 155 g/mol. The number of piperidine rings is 1. The summed E-state index contributed by atoms with van der Waals surface area (Å²) in [5.74, 6) is 1.29. The van der Waals surface area contributed by atoms with Gasteiger partial charge in [0, 0.05) is 12.0 Å². The minimum absolute atomic E-state index is 0.291. The number of fused-ring (bicyclic) bond motifs is 2. The lowest BCUT2D eigenvalue weighted by molar-refractivity contribution is -0.124. The zero-order valence-electron chi connectivity index (χ0n) is 7.55. The van der Waals surface area contributed by atoms with Crippen LogP contribution in [0.25, 0.3) is 0 Å². The van der Waals surface area contributed by atoms with Crippen LogP contribution < -0.4 is 5.32 Å². The molecule has 1 saturated heterocycles. The van der Waals surface area contributed by atoms with Gasteiger partial charge in [-0.2, -0.15) is 0 Å². The molecule has 0 radical (unpaired) electrons. The summed E-state index contributed by atoms with van der Waals surface area (Å²) in [5.41, 5.74) is 0. The van der Waals surface area contributed by atoms with Crippen molar-refractivity contribution in [3.05, 3.63) is 0 Å². The van der Waals surface area contributed by atoms with E-state index in [-0.39, 0.29) is 0 Å². The predicted octanol–water partition coefficient (Wildman–Crippen LogP) is 1.56. The van der Waals surface area contributed by atoms with E-state index >= 15 is 0 Å². The molecule has 2 bridgehead atoms. The molecule has 1 amide bonds. The third kappa shape index (κ3) is 1.39. The van der Waals surface area contributed by atoms with Crippen LogP contribution in [0.4, 0.5) is 0 Å². The van der Waals surface area contributed by atoms with Crippen LogP contribution in [0.2, 0.25) is 0 Å². The van der Waals surface area contributed by atoms with Gasteiger partial charge in [-0.25, -0.2) is 0 Å². The van der Waals surface area contributed by atoms with Crippen molar-refractivity contribution in [3.8, 4) is 0 Å². The Kier molecular flexibility index (Phi) is 2.53. The van der Waals surface area contributed by atoms with Crippen LogP contribution in [0, 0.1) is 11.8 Å². The summed E-state index contributed by atoms with van der Waals surface area (Å²) in [4.78, 5) is 10.9. The third-order valence-electron chi connectivity index (χ3n) is 2.56. The lowest BCUT2D eigenvalue weighted by Gasteiger charge is -2.16. The summed E-state index contributed by atoms with van der Waals surface area (Å²) in [7, 11) is 0. The minimum Gasteiger partial charge on any atom is -0.353 e. The van der Waals surface area contributed by atoms with E-state index in [9.17, 15) is 4.79 Å². The van der Waals surface area contributed by atoms with Gasteiger partial charge in [-0.1, -0.05) is 20.8 Å². The van der Waals surface area contributed by atoms with Crippen LogP contribution >= 0.6 is 0 Å². The Bertz CT molecular complexity index is 156. The second kappa shape index (κ2) is 3.24. The summed E-state index contributed by atoms with van der Waals surface area (Å²) in [5, 5.41) is 2.94. The first-order valence-electron chi connectivity index (χ1n) is 4.58. The molecule has 1 N–H and O–H groups in total. The summed E-state index contributed by atoms with van der Waals surface area (Å²) < 4.78 is 0. The number of rotatable bonds is 0. The summed E-state index contributed by atoms with van der Waals surface area (Å²) in [6, 6.07) is 0.525. The number of nitrogens with one attached hydrogen (secondary N) is 1. The zero-order valence-corrected chi connectivity index (χ0v) is 7.55. The highest BCUT2D eigenvalue weighted by Crippen LogP contribution is 2.36. The van der Waals surface area contributed by atoms with Crippen LogP contribution in [0.1, 0.15) is 33.6 Å². The Balaban J connectivity index is 0.000000281. The van der Waals surface area contributed by atoms with Gasteiger partial charge >= 0.3 is 0 Å². The zero-order chi connectivity index (χ0) is 8.43. The number of amides is 1. The average molecular weight is 155 g/mol. The number of hydrogen-bond acceptors (Lipinski definition) is 1. The second-order valence-corrected chi connectivity index (χ2v) is 3.26. The molecular formula is C9H17NO. The van der Waals surface area contributed by atoms with E-state index in [2.05, 4.69) is 12.2 Å². The van der Waals surface area contributed by atoms with Crippen molar-refractivity contribution < 1.29 is 4.79 Å². The fourth-order valence-corrected chi connectivity index (χ4v) is 2.04. The number of carbonyl (C=O) groups excluding carboxylic acids is 1. The number of hydrogen-bond donors (Lipinski definition) is 1. The molecule has 2 aliphatic rings. The quantitative estimate of drug-likeness (QED) is 0.565. The molecule has 3 unspecified atom stereocenters. The van der Waals surface area contributed by atoms with Gasteiger partial charge in [0.1, 0.15) is 0 Å². The van der Waals surface area contributed by atoms with Crippen molar-refractivity contribution in [1.29, 1.82) is 0 Å². The Morgan fingerprint density at radius 3 is 2.27 bits per heavy atom. The largest absolute Gasteiger partial charge is 0.353 e. The van der Waals surface area contributed by atoms with E-state index in [1.54, 1.807) is 0 Å². The Hall–Kier alpha value is -0.530. The first kappa shape index (κ1) is 8.57. The Morgan fingerprint density at radius 2 is 2.00 bits per heavy atom. The van der Waals surface area contributed by atoms with E-state index in [1.165, 1.54) is 6.42 Å². The van der Waals surface area contributed by atoms with Crippen molar-refractivity contribution in [1.82, 2.24) is 5.32 Å². The van der Waals surface area contributed by atoms with Crippen molar-refractivity contribution in [2.75, 3.05) is 0 Å². The molecular weight excluding hydrogens is 138 g/mol. The Morgan fingerprint density at radius 1 is 1.36 bits per heavy atom. The molecule has 2 rings (SSSR count). The van der Waals surface area contributed by atoms with Gasteiger partial charge in [0.15, 0.2) is 0 Å². The van der Waals surface area contributed by atoms with E-state index in [0.29, 0.717) is 23.8 Å². The first-order valence-corrected chi connectivity index (χ1v) is 4.58. The third-order valence-corrected chi connectivity index (χ3v) is 2.56. The molecule has 11 heavy (non-hydrogen) atoms. The standard InChI is InChI=1S/C7H11NO.C2H6/c1-4-2-5-3-6(4)7(9)8-5;1-2/h4-6H,2-3H2,1H3,(H,8,9);1-2H3. The fraction of sp³-hybridized carbons (Fsp3) is 0.889. The van der Waals surface area contributed by atoms with Crippen molar-refractivity contribution in [2.24, 2.45) is 11.8 Å². The second-order valence-electron chi connectivity index (χ2n) is 3.26. The van der Waals surface area contributed by atoms with Gasteiger partial charge < -0.3 is 5.32 Å². The lowest BCUT2D eigenvalue weighted by Crippen LogP contribution is -2.34. The topological polar surface area (TPSA) is 29.1 Å². The molecule has 1 aliphatic carbocycles. The van der Waals surface area contributed by atoms with E-state index in [0.717, 1.165) is 6.42 Å². The van der Waals surface area contributed by atoms with Crippen LogP contribution in [-0.4, -0.2) is 11.9 Å². The van der Waals surface area contributed by atoms with Crippen LogP contribution in [0.15, 0.2) is 0 Å². The maximum atomic E-state index is 10.9. The first-order chi connectivity index (χ1) is 5.27. The Labute approximate surface area is 68.4 Å². The molecule has 2 heteroatoms. The molecule has 2 nitrogen and oxygen atoms in total. The van der Waals surface area contributed by atoms with E-state index in [1.807, 2.05) is 13.8 Å². The van der Waals surface area contributed by atoms with Gasteiger partial charge in [0.2, 0.25) is 5.91 Å². The van der Waals surface area contributed by atoms with Crippen LogP contribution in [0.3, 0.4) is 0 Å². The normalized spacial score (nSPS) is 39.5. The average Bonchev–Trinajstić information content (AvgIpc) is 2.49. The minimum atomic E-state index is 0.291. The predicted molar refractivity (Wildman–Crippen MR) is 45.2 cm³/mol. The van der Waals surface area contributed by atoms with Gasteiger partial charge in [-0.15, -0.1) is 0 Å². The summed E-state index contributed by atoms with van der Waals surface area (Å²) in [6.07, 6.45) is 2.30. The highest BCUT2D eigenvalue weighted by Gasteiger charge is 2.42. The molecule has 1 aliphatic heterocycles. The van der Waals surface area contributed by atoms with Gasteiger partial charge in [0.05, 0.1) is 0 Å².